The van der Waals surface area contributed by atoms with E-state index in [2.05, 4.69) is 17.9 Å². The number of benzene rings is 1. The van der Waals surface area contributed by atoms with Gasteiger partial charge in [-0.25, -0.2) is 0 Å². The first-order valence-corrected chi connectivity index (χ1v) is 12.1. The molecule has 3 heterocycles. The molecular formula is C25H33ClN2O5. The molecule has 2 saturated heterocycles. The maximum atomic E-state index is 13.1. The molecule has 1 aromatic heterocycles. The lowest BCUT2D eigenvalue weighted by molar-refractivity contribution is -0.159. The van der Waals surface area contributed by atoms with Crippen molar-refractivity contribution < 1.29 is 23.4 Å². The Morgan fingerprint density at radius 1 is 1.06 bits per heavy atom. The van der Waals surface area contributed by atoms with E-state index in [1.165, 1.54) is 0 Å². The van der Waals surface area contributed by atoms with E-state index in [1.54, 1.807) is 12.1 Å². The fourth-order valence-corrected chi connectivity index (χ4v) is 4.48. The van der Waals surface area contributed by atoms with Crippen LogP contribution in [0.1, 0.15) is 31.3 Å². The van der Waals surface area contributed by atoms with Crippen LogP contribution in [0.3, 0.4) is 0 Å². The summed E-state index contributed by atoms with van der Waals surface area (Å²) in [7, 11) is 0. The molecule has 33 heavy (non-hydrogen) atoms. The molecule has 1 amide bonds. The molecule has 0 radical (unpaired) electrons. The largest absolute Gasteiger partial charge is 0.491 e. The Morgan fingerprint density at radius 2 is 1.82 bits per heavy atom. The van der Waals surface area contributed by atoms with Crippen LogP contribution in [0.2, 0.25) is 5.02 Å². The van der Waals surface area contributed by atoms with E-state index in [4.69, 9.17) is 30.2 Å². The zero-order valence-electron chi connectivity index (χ0n) is 19.3. The Kier molecular flexibility index (Phi) is 8.30. The van der Waals surface area contributed by atoms with Gasteiger partial charge in [0.25, 0.3) is 0 Å². The standard InChI is InChI=1S/C25H33ClN2O5/c1-2-3-22-8-9-23(33-22)17-27-10-15-32-25(18-27,16-24(29)28-11-13-30-14-12-28)19-31-21-6-4-20(26)5-7-21/h4-9H,2-3,10-19H2,1H3/t25-/m1/s1. The lowest BCUT2D eigenvalue weighted by atomic mass is 9.96. The topological polar surface area (TPSA) is 64.4 Å². The number of ether oxygens (including phenoxy) is 3. The van der Waals surface area contributed by atoms with Gasteiger partial charge in [0.1, 0.15) is 29.5 Å². The molecule has 2 aliphatic rings. The van der Waals surface area contributed by atoms with Crippen molar-refractivity contribution in [3.63, 3.8) is 0 Å². The van der Waals surface area contributed by atoms with Crippen LogP contribution in [0, 0.1) is 0 Å². The lowest BCUT2D eigenvalue weighted by Crippen LogP contribution is -2.57. The maximum absolute atomic E-state index is 13.1. The zero-order valence-corrected chi connectivity index (χ0v) is 20.0. The highest BCUT2D eigenvalue weighted by Gasteiger charge is 2.41. The van der Waals surface area contributed by atoms with Gasteiger partial charge in [0, 0.05) is 37.6 Å². The van der Waals surface area contributed by atoms with Crippen LogP contribution in [-0.4, -0.2) is 73.9 Å². The predicted octanol–water partition coefficient (Wildman–Crippen LogP) is 3.78. The summed E-state index contributed by atoms with van der Waals surface area (Å²) in [6, 6.07) is 11.4. The van der Waals surface area contributed by atoms with Crippen LogP contribution in [0.15, 0.2) is 40.8 Å². The minimum Gasteiger partial charge on any atom is -0.491 e. The Morgan fingerprint density at radius 3 is 2.58 bits per heavy atom. The molecule has 0 spiro atoms. The van der Waals surface area contributed by atoms with Gasteiger partial charge in [-0.3, -0.25) is 9.69 Å². The summed E-state index contributed by atoms with van der Waals surface area (Å²) >= 11 is 6.00. The molecule has 2 aliphatic heterocycles. The van der Waals surface area contributed by atoms with Crippen LogP contribution < -0.4 is 4.74 Å². The molecular weight excluding hydrogens is 444 g/mol. The number of halogens is 1. The SMILES string of the molecule is CCCc1ccc(CN2CCO[C@](COc3ccc(Cl)cc3)(CC(=O)N3CCOCC3)C2)o1. The zero-order chi connectivity index (χ0) is 23.1. The number of amides is 1. The first kappa shape index (κ1) is 24.1. The van der Waals surface area contributed by atoms with E-state index in [0.29, 0.717) is 56.8 Å². The minimum absolute atomic E-state index is 0.0723. The summed E-state index contributed by atoms with van der Waals surface area (Å²) < 4.78 is 23.8. The van der Waals surface area contributed by atoms with Gasteiger partial charge in [0.15, 0.2) is 0 Å². The minimum atomic E-state index is -0.744. The molecule has 0 bridgehead atoms. The molecule has 0 N–H and O–H groups in total. The molecule has 0 aliphatic carbocycles. The van der Waals surface area contributed by atoms with Gasteiger partial charge in [-0.05, 0) is 42.8 Å². The van der Waals surface area contributed by atoms with Crippen LogP contribution in [0.4, 0.5) is 0 Å². The molecule has 7 nitrogen and oxygen atoms in total. The Balaban J connectivity index is 1.46. The van der Waals surface area contributed by atoms with Gasteiger partial charge in [0.05, 0.1) is 32.8 Å². The Bertz CT molecular complexity index is 896. The molecule has 1 aromatic carbocycles. The number of carbonyl (C=O) groups is 1. The summed E-state index contributed by atoms with van der Waals surface area (Å²) in [5, 5.41) is 0.653. The quantitative estimate of drug-likeness (QED) is 0.548. The molecule has 0 saturated carbocycles. The number of rotatable bonds is 9. The summed E-state index contributed by atoms with van der Waals surface area (Å²) in [6.07, 6.45) is 2.26. The second-order valence-corrected chi connectivity index (χ2v) is 9.21. The van der Waals surface area contributed by atoms with E-state index in [0.717, 1.165) is 30.9 Å². The molecule has 0 unspecified atom stereocenters. The second kappa shape index (κ2) is 11.4. The first-order valence-electron chi connectivity index (χ1n) is 11.7. The van der Waals surface area contributed by atoms with Crippen molar-refractivity contribution in [2.24, 2.45) is 0 Å². The first-order chi connectivity index (χ1) is 16.0. The summed E-state index contributed by atoms with van der Waals surface area (Å²) in [4.78, 5) is 17.3. The van der Waals surface area contributed by atoms with E-state index in [-0.39, 0.29) is 18.9 Å². The smallest absolute Gasteiger partial charge is 0.225 e. The highest BCUT2D eigenvalue weighted by Crippen LogP contribution is 2.27. The van der Waals surface area contributed by atoms with Crippen molar-refractivity contribution in [1.82, 2.24) is 9.80 Å². The van der Waals surface area contributed by atoms with Gasteiger partial charge < -0.3 is 23.5 Å². The normalized spacial score (nSPS) is 21.8. The van der Waals surface area contributed by atoms with E-state index in [9.17, 15) is 4.79 Å². The average molecular weight is 477 g/mol. The molecule has 1 atom stereocenters. The van der Waals surface area contributed by atoms with E-state index < -0.39 is 5.60 Å². The van der Waals surface area contributed by atoms with Gasteiger partial charge in [-0.2, -0.15) is 0 Å². The highest BCUT2D eigenvalue weighted by molar-refractivity contribution is 6.30. The average Bonchev–Trinajstić information content (AvgIpc) is 3.26. The number of morpholine rings is 2. The van der Waals surface area contributed by atoms with Crippen LogP contribution in [-0.2, 0) is 27.2 Å². The summed E-state index contributed by atoms with van der Waals surface area (Å²) in [5.41, 5.74) is -0.744. The summed E-state index contributed by atoms with van der Waals surface area (Å²) in [5.74, 6) is 2.73. The number of nitrogens with zero attached hydrogens (tertiary/aromatic N) is 2. The van der Waals surface area contributed by atoms with Crippen LogP contribution >= 0.6 is 11.6 Å². The van der Waals surface area contributed by atoms with Crippen molar-refractivity contribution >= 4 is 17.5 Å². The van der Waals surface area contributed by atoms with Crippen molar-refractivity contribution in [3.8, 4) is 5.75 Å². The van der Waals surface area contributed by atoms with Gasteiger partial charge in [0.2, 0.25) is 5.91 Å². The van der Waals surface area contributed by atoms with Gasteiger partial charge >= 0.3 is 0 Å². The molecule has 4 rings (SSSR count). The van der Waals surface area contributed by atoms with Crippen LogP contribution in [0.25, 0.3) is 0 Å². The Labute approximate surface area is 200 Å². The third kappa shape index (κ3) is 6.73. The van der Waals surface area contributed by atoms with Gasteiger partial charge in [-0.1, -0.05) is 18.5 Å². The second-order valence-electron chi connectivity index (χ2n) is 8.77. The monoisotopic (exact) mass is 476 g/mol. The lowest BCUT2D eigenvalue weighted by Gasteiger charge is -2.43. The third-order valence-electron chi connectivity index (χ3n) is 6.07. The Hall–Kier alpha value is -2.06. The number of carbonyl (C=O) groups excluding carboxylic acids is 1. The maximum Gasteiger partial charge on any atom is 0.225 e. The van der Waals surface area contributed by atoms with Crippen molar-refractivity contribution in [3.05, 3.63) is 52.9 Å². The van der Waals surface area contributed by atoms with Crippen molar-refractivity contribution in [2.45, 2.75) is 38.3 Å². The van der Waals surface area contributed by atoms with E-state index in [1.807, 2.05) is 23.1 Å². The third-order valence-corrected chi connectivity index (χ3v) is 6.33. The number of hydrogen-bond acceptors (Lipinski definition) is 6. The molecule has 2 aromatic rings. The number of aryl methyl sites for hydroxylation is 1. The predicted molar refractivity (Wildman–Crippen MR) is 126 cm³/mol. The highest BCUT2D eigenvalue weighted by atomic mass is 35.5. The van der Waals surface area contributed by atoms with Crippen molar-refractivity contribution in [1.29, 1.82) is 0 Å². The van der Waals surface area contributed by atoms with Crippen LogP contribution in [0.5, 0.6) is 5.75 Å². The fraction of sp³-hybridized carbons (Fsp3) is 0.560. The number of hydrogen-bond donors (Lipinski definition) is 0. The van der Waals surface area contributed by atoms with Gasteiger partial charge in [-0.15, -0.1) is 0 Å². The van der Waals surface area contributed by atoms with E-state index >= 15 is 0 Å². The molecule has 8 heteroatoms. The number of furan rings is 1. The molecule has 2 fully saturated rings. The summed E-state index contributed by atoms with van der Waals surface area (Å²) in [6.45, 7) is 7.37. The molecule has 180 valence electrons. The fourth-order valence-electron chi connectivity index (χ4n) is 4.36. The van der Waals surface area contributed by atoms with Crippen molar-refractivity contribution in [2.75, 3.05) is 52.6 Å².